The van der Waals surface area contributed by atoms with Gasteiger partial charge in [0.15, 0.2) is 11.5 Å². The molecule has 0 atom stereocenters. The van der Waals surface area contributed by atoms with Gasteiger partial charge in [-0.15, -0.1) is 0 Å². The standard InChI is InChI=1S/C27H28FN7OS/c1-16-27(2,3)20-22(26(36)30-13-8-14-37-4)32-24(33-23(20)31-16)21-18-10-7-12-29-25(18)35(34-21)15-17-9-5-6-11-19(17)28/h5-7,9-12H,1,8,13-15H2,2-4H3,(H,30,36)(H,31,32,33). The summed E-state index contributed by atoms with van der Waals surface area (Å²) >= 11 is 1.74. The van der Waals surface area contributed by atoms with Gasteiger partial charge in [0.05, 0.1) is 11.9 Å². The molecule has 1 amide bonds. The summed E-state index contributed by atoms with van der Waals surface area (Å²) in [6.07, 6.45) is 4.56. The number of carbonyl (C=O) groups is 1. The third-order valence-corrected chi connectivity index (χ3v) is 7.28. The highest BCUT2D eigenvalue weighted by Crippen LogP contribution is 2.44. The third-order valence-electron chi connectivity index (χ3n) is 6.58. The normalized spacial score (nSPS) is 14.0. The first-order chi connectivity index (χ1) is 17.8. The summed E-state index contributed by atoms with van der Waals surface area (Å²) in [6, 6.07) is 10.2. The van der Waals surface area contributed by atoms with Crippen LogP contribution in [0.1, 0.15) is 41.9 Å². The summed E-state index contributed by atoms with van der Waals surface area (Å²) in [7, 11) is 0. The van der Waals surface area contributed by atoms with Gasteiger partial charge in [-0.25, -0.2) is 24.0 Å². The smallest absolute Gasteiger partial charge is 0.270 e. The number of rotatable bonds is 8. The summed E-state index contributed by atoms with van der Waals surface area (Å²) < 4.78 is 16.0. The number of amides is 1. The molecule has 4 heterocycles. The Balaban J connectivity index is 1.62. The molecule has 0 spiro atoms. The number of aromatic nitrogens is 5. The van der Waals surface area contributed by atoms with Crippen LogP contribution >= 0.6 is 11.8 Å². The monoisotopic (exact) mass is 517 g/mol. The van der Waals surface area contributed by atoms with Gasteiger partial charge in [0.25, 0.3) is 5.91 Å². The van der Waals surface area contributed by atoms with Crippen LogP contribution in [0.4, 0.5) is 10.2 Å². The number of pyridine rings is 1. The van der Waals surface area contributed by atoms with E-state index in [1.807, 2.05) is 26.2 Å². The predicted octanol–water partition coefficient (Wildman–Crippen LogP) is 4.78. The fraction of sp³-hybridized carbons (Fsp3) is 0.296. The van der Waals surface area contributed by atoms with Gasteiger partial charge < -0.3 is 10.6 Å². The van der Waals surface area contributed by atoms with Gasteiger partial charge >= 0.3 is 0 Å². The first-order valence-electron chi connectivity index (χ1n) is 12.0. The van der Waals surface area contributed by atoms with Crippen molar-refractivity contribution in [2.75, 3.05) is 23.9 Å². The Morgan fingerprint density at radius 2 is 2.03 bits per heavy atom. The second kappa shape index (κ2) is 9.93. The average Bonchev–Trinajstić information content (AvgIpc) is 3.36. The quantitative estimate of drug-likeness (QED) is 0.325. The molecule has 8 nitrogen and oxygen atoms in total. The summed E-state index contributed by atoms with van der Waals surface area (Å²) in [6.45, 7) is 8.86. The predicted molar refractivity (Wildman–Crippen MR) is 145 cm³/mol. The van der Waals surface area contributed by atoms with Crippen molar-refractivity contribution >= 4 is 34.5 Å². The molecule has 0 saturated heterocycles. The van der Waals surface area contributed by atoms with Crippen LogP contribution in [0.2, 0.25) is 0 Å². The number of halogens is 1. The molecule has 1 aromatic carbocycles. The molecular weight excluding hydrogens is 489 g/mol. The fourth-order valence-corrected chi connectivity index (χ4v) is 4.87. The van der Waals surface area contributed by atoms with Gasteiger partial charge in [0, 0.05) is 35.0 Å². The highest BCUT2D eigenvalue weighted by atomic mass is 32.2. The Hall–Kier alpha value is -3.79. The first kappa shape index (κ1) is 24.9. The van der Waals surface area contributed by atoms with Gasteiger partial charge in [-0.3, -0.25) is 4.79 Å². The maximum absolute atomic E-state index is 14.4. The molecule has 0 aliphatic carbocycles. The number of thioether (sulfide) groups is 1. The maximum Gasteiger partial charge on any atom is 0.270 e. The molecule has 10 heteroatoms. The number of nitrogens with zero attached hydrogens (tertiary/aromatic N) is 5. The molecule has 5 rings (SSSR count). The van der Waals surface area contributed by atoms with Crippen LogP contribution < -0.4 is 10.6 Å². The number of hydrogen-bond donors (Lipinski definition) is 2. The van der Waals surface area contributed by atoms with E-state index < -0.39 is 5.41 Å². The van der Waals surface area contributed by atoms with Crippen LogP contribution in [0.15, 0.2) is 54.9 Å². The molecular formula is C27H28FN7OS. The highest BCUT2D eigenvalue weighted by molar-refractivity contribution is 7.98. The van der Waals surface area contributed by atoms with Gasteiger partial charge in [-0.2, -0.15) is 16.9 Å². The Labute approximate surface area is 218 Å². The molecule has 0 saturated carbocycles. The first-order valence-corrected chi connectivity index (χ1v) is 13.4. The van der Waals surface area contributed by atoms with Crippen molar-refractivity contribution in [1.29, 1.82) is 0 Å². The molecule has 37 heavy (non-hydrogen) atoms. The molecule has 4 aromatic rings. The van der Waals surface area contributed by atoms with Gasteiger partial charge in [-0.1, -0.05) is 38.6 Å². The lowest BCUT2D eigenvalue weighted by Crippen LogP contribution is -2.29. The number of carbonyl (C=O) groups excluding carboxylic acids is 1. The van der Waals surface area contributed by atoms with Crippen LogP contribution in [-0.4, -0.2) is 49.2 Å². The number of allylic oxidation sites excluding steroid dienone is 1. The van der Waals surface area contributed by atoms with Crippen LogP contribution in [-0.2, 0) is 12.0 Å². The van der Waals surface area contributed by atoms with Crippen LogP contribution in [0.25, 0.3) is 22.6 Å². The largest absolute Gasteiger partial charge is 0.351 e. The number of nitrogens with one attached hydrogen (secondary N) is 2. The van der Waals surface area contributed by atoms with E-state index in [1.54, 1.807) is 46.9 Å². The lowest BCUT2D eigenvalue weighted by atomic mass is 9.84. The second-order valence-electron chi connectivity index (χ2n) is 9.42. The Kier molecular flexibility index (Phi) is 6.68. The summed E-state index contributed by atoms with van der Waals surface area (Å²) in [5.41, 5.74) is 2.73. The van der Waals surface area contributed by atoms with Crippen molar-refractivity contribution in [3.63, 3.8) is 0 Å². The van der Waals surface area contributed by atoms with E-state index >= 15 is 0 Å². The number of hydrogen-bond acceptors (Lipinski definition) is 7. The van der Waals surface area contributed by atoms with Crippen molar-refractivity contribution < 1.29 is 9.18 Å². The minimum atomic E-state index is -0.534. The number of benzene rings is 1. The number of anilines is 1. The Bertz CT molecular complexity index is 1510. The van der Waals surface area contributed by atoms with Gasteiger partial charge in [0.1, 0.15) is 23.0 Å². The van der Waals surface area contributed by atoms with E-state index in [0.29, 0.717) is 45.9 Å². The Morgan fingerprint density at radius 1 is 1.22 bits per heavy atom. The van der Waals surface area contributed by atoms with E-state index in [4.69, 9.17) is 15.1 Å². The van der Waals surface area contributed by atoms with Crippen molar-refractivity contribution in [2.24, 2.45) is 0 Å². The van der Waals surface area contributed by atoms with E-state index in [9.17, 15) is 9.18 Å². The number of fused-ring (bicyclic) bond motifs is 2. The SMILES string of the molecule is C=C1Nc2nc(-c3nn(Cc4ccccc4F)c4ncccc34)nc(C(=O)NCCCSC)c2C1(C)C. The topological polar surface area (TPSA) is 97.6 Å². The summed E-state index contributed by atoms with van der Waals surface area (Å²) in [4.78, 5) is 27.3. The molecule has 2 N–H and O–H groups in total. The van der Waals surface area contributed by atoms with Gasteiger partial charge in [0.2, 0.25) is 0 Å². The molecule has 1 aliphatic heterocycles. The summed E-state index contributed by atoms with van der Waals surface area (Å²) in [5, 5.41) is 11.7. The molecule has 0 bridgehead atoms. The van der Waals surface area contributed by atoms with Crippen LogP contribution in [0.3, 0.4) is 0 Å². The van der Waals surface area contributed by atoms with Crippen molar-refractivity contribution in [3.8, 4) is 11.5 Å². The second-order valence-corrected chi connectivity index (χ2v) is 10.4. The van der Waals surface area contributed by atoms with E-state index in [2.05, 4.69) is 22.2 Å². The minimum absolute atomic E-state index is 0.190. The lowest BCUT2D eigenvalue weighted by Gasteiger charge is -2.21. The average molecular weight is 518 g/mol. The zero-order chi connectivity index (χ0) is 26.2. The Morgan fingerprint density at radius 3 is 2.81 bits per heavy atom. The van der Waals surface area contributed by atoms with E-state index in [0.717, 1.165) is 17.9 Å². The molecule has 3 aromatic heterocycles. The highest BCUT2D eigenvalue weighted by Gasteiger charge is 2.40. The van der Waals surface area contributed by atoms with Crippen molar-refractivity contribution in [2.45, 2.75) is 32.2 Å². The lowest BCUT2D eigenvalue weighted by molar-refractivity contribution is 0.0947. The van der Waals surface area contributed by atoms with Gasteiger partial charge in [-0.05, 0) is 36.6 Å². The molecule has 190 valence electrons. The van der Waals surface area contributed by atoms with Crippen LogP contribution in [0.5, 0.6) is 0 Å². The third kappa shape index (κ3) is 4.57. The van der Waals surface area contributed by atoms with E-state index in [-0.39, 0.29) is 24.1 Å². The fourth-order valence-electron chi connectivity index (χ4n) is 4.44. The molecule has 1 aliphatic rings. The molecule has 0 unspecified atom stereocenters. The van der Waals surface area contributed by atoms with Crippen molar-refractivity contribution in [3.05, 3.63) is 77.5 Å². The molecule has 0 radical (unpaired) electrons. The van der Waals surface area contributed by atoms with E-state index in [1.165, 1.54) is 6.07 Å². The van der Waals surface area contributed by atoms with Crippen molar-refractivity contribution in [1.82, 2.24) is 30.0 Å². The minimum Gasteiger partial charge on any atom is -0.351 e. The zero-order valence-corrected chi connectivity index (χ0v) is 21.8. The maximum atomic E-state index is 14.4. The van der Waals surface area contributed by atoms with Crippen LogP contribution in [0, 0.1) is 5.82 Å². The molecule has 0 fully saturated rings. The summed E-state index contributed by atoms with van der Waals surface area (Å²) in [5.74, 6) is 1.20. The zero-order valence-electron chi connectivity index (χ0n) is 21.0.